The van der Waals surface area contributed by atoms with Crippen molar-refractivity contribution in [2.75, 3.05) is 9.80 Å². The first kappa shape index (κ1) is 28.1. The summed E-state index contributed by atoms with van der Waals surface area (Å²) in [6.07, 6.45) is 4.34. The summed E-state index contributed by atoms with van der Waals surface area (Å²) in [5.74, 6) is -5.21. The van der Waals surface area contributed by atoms with E-state index in [4.69, 9.17) is 46.4 Å². The molecule has 2 aliphatic heterocycles. The van der Waals surface area contributed by atoms with Crippen molar-refractivity contribution in [3.63, 3.8) is 0 Å². The summed E-state index contributed by atoms with van der Waals surface area (Å²) in [5.41, 5.74) is 3.59. The second kappa shape index (κ2) is 10.0. The average Bonchev–Trinajstić information content (AvgIpc) is 3.45. The third kappa shape index (κ3) is 3.81. The summed E-state index contributed by atoms with van der Waals surface area (Å²) < 4.78 is 0. The number of hydrogen-bond acceptors (Lipinski definition) is 4. The number of hydrogen-bond donors (Lipinski definition) is 0. The number of halogens is 4. The molecule has 2 saturated heterocycles. The van der Waals surface area contributed by atoms with Gasteiger partial charge < -0.3 is 0 Å². The number of amides is 4. The standard InChI is InChI=1S/C34H22Cl4N2O4/c35-22-10-6-16(12-24(22)37)39-31(41)21-14-20(15-4-2-1-3-5-15)26-18-8-9-19(27(26)30(21)34(39)44)29-28(18)32(42)40(33(29)43)17-7-11-23(36)25(38)13-17/h1-13,18-19,21,27-30H,14H2/t18-,19-,21-,27-,28-,29+,30+/m1/s1. The van der Waals surface area contributed by atoms with Crippen molar-refractivity contribution in [1.29, 1.82) is 0 Å². The number of benzene rings is 3. The normalized spacial score (nSPS) is 30.3. The van der Waals surface area contributed by atoms with E-state index >= 15 is 0 Å². The molecule has 2 heterocycles. The van der Waals surface area contributed by atoms with E-state index in [1.165, 1.54) is 21.9 Å². The molecule has 0 aromatic heterocycles. The van der Waals surface area contributed by atoms with Crippen molar-refractivity contribution in [3.8, 4) is 0 Å². The van der Waals surface area contributed by atoms with Crippen LogP contribution in [0.3, 0.4) is 0 Å². The number of allylic oxidation sites excluding steroid dienone is 4. The smallest absolute Gasteiger partial charge is 0.238 e. The van der Waals surface area contributed by atoms with Crippen LogP contribution in [-0.4, -0.2) is 23.6 Å². The van der Waals surface area contributed by atoms with Gasteiger partial charge in [0.1, 0.15) is 0 Å². The molecule has 0 unspecified atom stereocenters. The van der Waals surface area contributed by atoms with Gasteiger partial charge in [-0.15, -0.1) is 0 Å². The SMILES string of the molecule is O=C1[C@@H]2[C@H]3C(=C(c4ccccc4)C[C@H]2C(=O)N1c1ccc(Cl)c(Cl)c1)[C@H]1C=C[C@H]3[C@@H]2C(=O)N(c3ccc(Cl)c(Cl)c3)C(=O)[C@@H]21. The maximum Gasteiger partial charge on any atom is 0.238 e. The lowest BCUT2D eigenvalue weighted by Crippen LogP contribution is -2.51. The van der Waals surface area contributed by atoms with Crippen molar-refractivity contribution in [1.82, 2.24) is 0 Å². The molecule has 0 spiro atoms. The Hall–Kier alpha value is -3.42. The Morgan fingerprint density at radius 3 is 1.75 bits per heavy atom. The van der Waals surface area contributed by atoms with Gasteiger partial charge in [-0.25, -0.2) is 9.80 Å². The Kier molecular flexibility index (Phi) is 6.41. The summed E-state index contributed by atoms with van der Waals surface area (Å²) in [6.45, 7) is 0. The summed E-state index contributed by atoms with van der Waals surface area (Å²) in [4.78, 5) is 59.1. The fraction of sp³-hybridized carbons (Fsp3) is 0.235. The van der Waals surface area contributed by atoms with Gasteiger partial charge in [0.25, 0.3) is 0 Å². The van der Waals surface area contributed by atoms with E-state index in [2.05, 4.69) is 0 Å². The highest BCUT2D eigenvalue weighted by molar-refractivity contribution is 6.43. The topological polar surface area (TPSA) is 74.8 Å². The lowest BCUT2D eigenvalue weighted by atomic mass is 9.49. The molecule has 4 aliphatic carbocycles. The van der Waals surface area contributed by atoms with Gasteiger partial charge in [0.05, 0.1) is 55.1 Å². The maximum absolute atomic E-state index is 14.3. The van der Waals surface area contributed by atoms with Crippen molar-refractivity contribution < 1.29 is 19.2 Å². The van der Waals surface area contributed by atoms with Crippen molar-refractivity contribution >= 4 is 87.0 Å². The molecule has 0 N–H and O–H groups in total. The molecule has 3 aromatic carbocycles. The van der Waals surface area contributed by atoms with Gasteiger partial charge in [-0.3, -0.25) is 19.2 Å². The summed E-state index contributed by atoms with van der Waals surface area (Å²) in [6, 6.07) is 19.2. The van der Waals surface area contributed by atoms with Crippen LogP contribution in [-0.2, 0) is 19.2 Å². The van der Waals surface area contributed by atoms with Crippen LogP contribution in [0, 0.1) is 41.4 Å². The molecular weight excluding hydrogens is 642 g/mol. The van der Waals surface area contributed by atoms with Crippen molar-refractivity contribution in [2.24, 2.45) is 41.4 Å². The Labute approximate surface area is 272 Å². The van der Waals surface area contributed by atoms with Crippen LogP contribution in [0.1, 0.15) is 12.0 Å². The lowest BCUT2D eigenvalue weighted by Gasteiger charge is -2.51. The minimum absolute atomic E-state index is 0.239. The van der Waals surface area contributed by atoms with E-state index in [1.807, 2.05) is 42.5 Å². The zero-order valence-electron chi connectivity index (χ0n) is 22.8. The lowest BCUT2D eigenvalue weighted by molar-refractivity contribution is -0.129. The van der Waals surface area contributed by atoms with E-state index < -0.39 is 41.4 Å². The van der Waals surface area contributed by atoms with Gasteiger partial charge in [-0.2, -0.15) is 0 Å². The van der Waals surface area contributed by atoms with E-state index in [1.54, 1.807) is 24.3 Å². The first-order chi connectivity index (χ1) is 21.2. The molecule has 0 radical (unpaired) electrons. The van der Waals surface area contributed by atoms with Crippen molar-refractivity contribution in [3.05, 3.63) is 110 Å². The van der Waals surface area contributed by atoms with Crippen LogP contribution in [0.15, 0.2) is 84.5 Å². The molecule has 3 aromatic rings. The summed E-state index contributed by atoms with van der Waals surface area (Å²) in [5, 5.41) is 1.12. The molecule has 2 bridgehead atoms. The number of carbonyl (C=O) groups is 4. The molecule has 1 saturated carbocycles. The van der Waals surface area contributed by atoms with Gasteiger partial charge >= 0.3 is 0 Å². The molecule has 3 fully saturated rings. The molecule has 6 nitrogen and oxygen atoms in total. The second-order valence-corrected chi connectivity index (χ2v) is 13.6. The van der Waals surface area contributed by atoms with Gasteiger partial charge in [0.2, 0.25) is 23.6 Å². The van der Waals surface area contributed by atoms with Crippen LogP contribution in [0.5, 0.6) is 0 Å². The molecule has 6 aliphatic rings. The molecule has 4 amide bonds. The van der Waals surface area contributed by atoms with Crippen LogP contribution >= 0.6 is 46.4 Å². The molecule has 44 heavy (non-hydrogen) atoms. The number of carbonyl (C=O) groups excluding carboxylic acids is 4. The number of fused-ring (bicyclic) bond motifs is 1. The Morgan fingerprint density at radius 2 is 1.14 bits per heavy atom. The number of rotatable bonds is 3. The summed E-state index contributed by atoms with van der Waals surface area (Å²) in [7, 11) is 0. The van der Waals surface area contributed by atoms with Crippen LogP contribution in [0.4, 0.5) is 11.4 Å². The van der Waals surface area contributed by atoms with Crippen LogP contribution in [0.2, 0.25) is 20.1 Å². The number of nitrogens with zero attached hydrogens (tertiary/aromatic N) is 2. The van der Waals surface area contributed by atoms with E-state index in [9.17, 15) is 19.2 Å². The zero-order chi connectivity index (χ0) is 30.6. The van der Waals surface area contributed by atoms with E-state index in [0.717, 1.165) is 16.7 Å². The third-order valence-corrected chi connectivity index (χ3v) is 11.4. The van der Waals surface area contributed by atoms with Crippen molar-refractivity contribution in [2.45, 2.75) is 6.42 Å². The fourth-order valence-electron chi connectivity index (χ4n) is 8.27. The predicted octanol–water partition coefficient (Wildman–Crippen LogP) is 7.50. The Bertz CT molecular complexity index is 1890. The largest absolute Gasteiger partial charge is 0.274 e. The van der Waals surface area contributed by atoms with Crippen LogP contribution in [0.25, 0.3) is 5.57 Å². The Morgan fingerprint density at radius 1 is 0.568 bits per heavy atom. The average molecular weight is 664 g/mol. The maximum atomic E-state index is 14.3. The van der Waals surface area contributed by atoms with Gasteiger partial charge in [-0.05, 0) is 59.9 Å². The van der Waals surface area contributed by atoms with E-state index in [0.29, 0.717) is 27.8 Å². The monoisotopic (exact) mass is 662 g/mol. The van der Waals surface area contributed by atoms with Crippen LogP contribution < -0.4 is 9.80 Å². The van der Waals surface area contributed by atoms with E-state index in [-0.39, 0.29) is 33.7 Å². The molecule has 7 atom stereocenters. The van der Waals surface area contributed by atoms with Gasteiger partial charge in [0, 0.05) is 11.8 Å². The highest BCUT2D eigenvalue weighted by atomic mass is 35.5. The highest BCUT2D eigenvalue weighted by Gasteiger charge is 2.67. The van der Waals surface area contributed by atoms with Gasteiger partial charge in [-0.1, -0.05) is 94.5 Å². The number of imide groups is 2. The highest BCUT2D eigenvalue weighted by Crippen LogP contribution is 2.63. The molecular formula is C34H22Cl4N2O4. The Balaban J connectivity index is 1.28. The minimum atomic E-state index is -0.695. The molecule has 9 rings (SSSR count). The second-order valence-electron chi connectivity index (χ2n) is 11.9. The molecule has 10 heteroatoms. The number of anilines is 2. The predicted molar refractivity (Wildman–Crippen MR) is 169 cm³/mol. The van der Waals surface area contributed by atoms with Gasteiger partial charge in [0.15, 0.2) is 0 Å². The summed E-state index contributed by atoms with van der Waals surface area (Å²) >= 11 is 24.8. The third-order valence-electron chi connectivity index (χ3n) is 9.95. The zero-order valence-corrected chi connectivity index (χ0v) is 25.8. The fourth-order valence-corrected chi connectivity index (χ4v) is 8.86. The first-order valence-corrected chi connectivity index (χ1v) is 15.8. The molecule has 220 valence electrons. The minimum Gasteiger partial charge on any atom is -0.274 e. The quantitative estimate of drug-likeness (QED) is 0.215. The first-order valence-electron chi connectivity index (χ1n) is 14.3.